The van der Waals surface area contributed by atoms with E-state index in [-0.39, 0.29) is 17.6 Å². The first-order valence-electron chi connectivity index (χ1n) is 3.68. The summed E-state index contributed by atoms with van der Waals surface area (Å²) in [7, 11) is 0. The van der Waals surface area contributed by atoms with Crippen molar-refractivity contribution < 1.29 is 9.90 Å². The van der Waals surface area contributed by atoms with Crippen LogP contribution < -0.4 is 0 Å². The zero-order valence-corrected chi connectivity index (χ0v) is 7.09. The molecule has 0 aromatic rings. The molecule has 0 rings (SSSR count). The number of hydrogen-bond acceptors (Lipinski definition) is 2. The van der Waals surface area contributed by atoms with E-state index in [2.05, 4.69) is 0 Å². The summed E-state index contributed by atoms with van der Waals surface area (Å²) < 4.78 is 0. The van der Waals surface area contributed by atoms with E-state index in [1.54, 1.807) is 13.8 Å². The zero-order chi connectivity index (χ0) is 8.31. The van der Waals surface area contributed by atoms with Crippen molar-refractivity contribution in [1.82, 2.24) is 0 Å². The van der Waals surface area contributed by atoms with Crippen LogP contribution in [-0.4, -0.2) is 17.0 Å². The molecule has 0 heterocycles. The fraction of sp³-hybridized carbons (Fsp3) is 0.875. The van der Waals surface area contributed by atoms with Crippen molar-refractivity contribution in [2.24, 2.45) is 11.8 Å². The van der Waals surface area contributed by atoms with Crippen molar-refractivity contribution in [2.45, 2.75) is 33.8 Å². The molecule has 0 saturated carbocycles. The van der Waals surface area contributed by atoms with Gasteiger partial charge in [0.25, 0.3) is 0 Å². The third-order valence-electron chi connectivity index (χ3n) is 1.74. The average molecular weight is 144 g/mol. The first-order valence-corrected chi connectivity index (χ1v) is 3.68. The Bertz CT molecular complexity index is 116. The van der Waals surface area contributed by atoms with Crippen molar-refractivity contribution in [3.05, 3.63) is 0 Å². The molecule has 0 aliphatic rings. The van der Waals surface area contributed by atoms with Crippen LogP contribution in [0.1, 0.15) is 27.7 Å². The molecule has 2 heteroatoms. The van der Waals surface area contributed by atoms with E-state index in [0.29, 0.717) is 0 Å². The van der Waals surface area contributed by atoms with Gasteiger partial charge in [0.15, 0.2) is 0 Å². The lowest BCUT2D eigenvalue weighted by atomic mass is 9.93. The lowest BCUT2D eigenvalue weighted by molar-refractivity contribution is -0.128. The second-order valence-corrected chi connectivity index (χ2v) is 3.09. The van der Waals surface area contributed by atoms with E-state index in [9.17, 15) is 4.79 Å². The second-order valence-electron chi connectivity index (χ2n) is 3.09. The molecule has 0 aromatic carbocycles. The van der Waals surface area contributed by atoms with Crippen LogP contribution in [0.25, 0.3) is 0 Å². The Balaban J connectivity index is 3.95. The van der Waals surface area contributed by atoms with Crippen LogP contribution in [0.4, 0.5) is 0 Å². The molecule has 60 valence electrons. The SMILES string of the molecule is CC(C)C(=O)C(C)C(C)O. The van der Waals surface area contributed by atoms with Gasteiger partial charge in [-0.2, -0.15) is 0 Å². The van der Waals surface area contributed by atoms with Crippen molar-refractivity contribution in [3.8, 4) is 0 Å². The van der Waals surface area contributed by atoms with Crippen LogP contribution in [0.5, 0.6) is 0 Å². The molecule has 0 amide bonds. The molecule has 0 aliphatic carbocycles. The topological polar surface area (TPSA) is 37.3 Å². The minimum Gasteiger partial charge on any atom is -0.393 e. The Kier molecular flexibility index (Phi) is 3.58. The van der Waals surface area contributed by atoms with Crippen molar-refractivity contribution in [3.63, 3.8) is 0 Å². The Hall–Kier alpha value is -0.370. The third kappa shape index (κ3) is 2.48. The quantitative estimate of drug-likeness (QED) is 0.646. The molecule has 10 heavy (non-hydrogen) atoms. The number of hydrogen-bond donors (Lipinski definition) is 1. The summed E-state index contributed by atoms with van der Waals surface area (Å²) in [4.78, 5) is 11.1. The van der Waals surface area contributed by atoms with Crippen molar-refractivity contribution in [2.75, 3.05) is 0 Å². The number of aliphatic hydroxyl groups is 1. The van der Waals surface area contributed by atoms with Gasteiger partial charge in [0.2, 0.25) is 0 Å². The van der Waals surface area contributed by atoms with Gasteiger partial charge in [0.05, 0.1) is 6.10 Å². The molecular weight excluding hydrogens is 128 g/mol. The molecule has 0 bridgehead atoms. The second kappa shape index (κ2) is 3.71. The van der Waals surface area contributed by atoms with Crippen LogP contribution >= 0.6 is 0 Å². The van der Waals surface area contributed by atoms with E-state index >= 15 is 0 Å². The van der Waals surface area contributed by atoms with Gasteiger partial charge in [-0.05, 0) is 6.92 Å². The molecule has 0 aliphatic heterocycles. The molecular formula is C8H16O2. The molecule has 0 spiro atoms. The lowest BCUT2D eigenvalue weighted by Crippen LogP contribution is -2.26. The first-order chi connectivity index (χ1) is 4.46. The van der Waals surface area contributed by atoms with Crippen LogP contribution in [0.2, 0.25) is 0 Å². The summed E-state index contributed by atoms with van der Waals surface area (Å²) in [5.41, 5.74) is 0. The highest BCUT2D eigenvalue weighted by Crippen LogP contribution is 2.09. The Morgan fingerprint density at radius 1 is 1.20 bits per heavy atom. The van der Waals surface area contributed by atoms with Gasteiger partial charge in [-0.25, -0.2) is 0 Å². The van der Waals surface area contributed by atoms with Crippen LogP contribution in [0.15, 0.2) is 0 Å². The lowest BCUT2D eigenvalue weighted by Gasteiger charge is -2.14. The molecule has 0 fully saturated rings. The van der Waals surface area contributed by atoms with E-state index in [0.717, 1.165) is 0 Å². The van der Waals surface area contributed by atoms with Crippen LogP contribution in [-0.2, 0) is 4.79 Å². The predicted molar refractivity (Wildman–Crippen MR) is 40.7 cm³/mol. The Morgan fingerprint density at radius 3 is 1.70 bits per heavy atom. The van der Waals surface area contributed by atoms with E-state index in [1.807, 2.05) is 13.8 Å². The highest BCUT2D eigenvalue weighted by molar-refractivity contribution is 5.82. The van der Waals surface area contributed by atoms with E-state index in [1.165, 1.54) is 0 Å². The summed E-state index contributed by atoms with van der Waals surface area (Å²) in [5, 5.41) is 9.02. The number of ketones is 1. The normalized spacial score (nSPS) is 17.0. The van der Waals surface area contributed by atoms with E-state index in [4.69, 9.17) is 5.11 Å². The molecule has 2 unspecified atom stereocenters. The molecule has 1 N–H and O–H groups in total. The molecule has 2 nitrogen and oxygen atoms in total. The maximum Gasteiger partial charge on any atom is 0.140 e. The molecule has 2 atom stereocenters. The number of carbonyl (C=O) groups is 1. The Labute approximate surface area is 62.2 Å². The fourth-order valence-corrected chi connectivity index (χ4v) is 0.764. The van der Waals surface area contributed by atoms with Gasteiger partial charge in [0, 0.05) is 11.8 Å². The monoisotopic (exact) mass is 144 g/mol. The summed E-state index contributed by atoms with van der Waals surface area (Å²) >= 11 is 0. The standard InChI is InChI=1S/C8H16O2/c1-5(2)8(10)6(3)7(4)9/h5-7,9H,1-4H3. The Morgan fingerprint density at radius 2 is 1.60 bits per heavy atom. The summed E-state index contributed by atoms with van der Waals surface area (Å²) in [6.45, 7) is 7.10. The predicted octanol–water partition coefficient (Wildman–Crippen LogP) is 1.23. The van der Waals surface area contributed by atoms with Gasteiger partial charge in [0.1, 0.15) is 5.78 Å². The maximum atomic E-state index is 11.1. The van der Waals surface area contributed by atoms with Gasteiger partial charge < -0.3 is 5.11 Å². The highest BCUT2D eigenvalue weighted by atomic mass is 16.3. The maximum absolute atomic E-state index is 11.1. The van der Waals surface area contributed by atoms with Crippen LogP contribution in [0.3, 0.4) is 0 Å². The average Bonchev–Trinajstić information content (AvgIpc) is 1.84. The van der Waals surface area contributed by atoms with Crippen LogP contribution in [0, 0.1) is 11.8 Å². The molecule has 0 radical (unpaired) electrons. The van der Waals surface area contributed by atoms with Gasteiger partial charge >= 0.3 is 0 Å². The summed E-state index contributed by atoms with van der Waals surface area (Å²) in [6, 6.07) is 0. The van der Waals surface area contributed by atoms with Gasteiger partial charge in [-0.3, -0.25) is 4.79 Å². The molecule has 0 saturated heterocycles. The third-order valence-corrected chi connectivity index (χ3v) is 1.74. The summed E-state index contributed by atoms with van der Waals surface area (Å²) in [6.07, 6.45) is -0.519. The minimum atomic E-state index is -0.519. The number of carbonyl (C=O) groups excluding carboxylic acids is 1. The number of Topliss-reactive ketones (excluding diaryl/α,β-unsaturated/α-hetero) is 1. The summed E-state index contributed by atoms with van der Waals surface area (Å²) in [5.74, 6) is -0.0559. The van der Waals surface area contributed by atoms with Crippen molar-refractivity contribution in [1.29, 1.82) is 0 Å². The van der Waals surface area contributed by atoms with E-state index < -0.39 is 6.10 Å². The largest absolute Gasteiger partial charge is 0.393 e. The van der Waals surface area contributed by atoms with Crippen molar-refractivity contribution >= 4 is 5.78 Å². The molecule has 0 aromatic heterocycles. The minimum absolute atomic E-state index is 0.0320. The van der Waals surface area contributed by atoms with Gasteiger partial charge in [-0.15, -0.1) is 0 Å². The van der Waals surface area contributed by atoms with Gasteiger partial charge in [-0.1, -0.05) is 20.8 Å². The smallest absolute Gasteiger partial charge is 0.140 e. The highest BCUT2D eigenvalue weighted by Gasteiger charge is 2.20. The first kappa shape index (κ1) is 9.63. The zero-order valence-electron chi connectivity index (χ0n) is 7.09. The fourth-order valence-electron chi connectivity index (χ4n) is 0.764. The number of aliphatic hydroxyl groups excluding tert-OH is 1. The number of rotatable bonds is 3.